The molecule has 3 nitrogen and oxygen atoms in total. The Morgan fingerprint density at radius 1 is 1.30 bits per heavy atom. The zero-order chi connectivity index (χ0) is 14.8. The molecule has 1 amide bonds. The molecule has 1 aromatic carbocycles. The van der Waals surface area contributed by atoms with Crippen LogP contribution in [0.1, 0.15) is 23.7 Å². The third kappa shape index (κ3) is 3.19. The lowest BCUT2D eigenvalue weighted by molar-refractivity contribution is -0.141. The lowest BCUT2D eigenvalue weighted by Crippen LogP contribution is -2.37. The van der Waals surface area contributed by atoms with Crippen molar-refractivity contribution in [1.29, 1.82) is 0 Å². The fraction of sp³-hybridized carbons (Fsp3) is 0.357. The highest BCUT2D eigenvalue weighted by Gasteiger charge is 2.32. The molecule has 1 aromatic rings. The maximum atomic E-state index is 12.6. The van der Waals surface area contributed by atoms with Crippen molar-refractivity contribution in [3.63, 3.8) is 0 Å². The molecule has 1 aliphatic heterocycles. The molecule has 20 heavy (non-hydrogen) atoms. The first-order chi connectivity index (χ1) is 9.39. The van der Waals surface area contributed by atoms with Gasteiger partial charge in [-0.25, -0.2) is 0 Å². The summed E-state index contributed by atoms with van der Waals surface area (Å²) >= 11 is 0. The van der Waals surface area contributed by atoms with Crippen molar-refractivity contribution >= 4 is 5.91 Å². The molecular formula is C14H14F3NO2. The first-order valence-electron chi connectivity index (χ1n) is 6.18. The molecule has 1 N–H and O–H groups in total. The van der Waals surface area contributed by atoms with Gasteiger partial charge >= 0.3 is 6.18 Å². The molecule has 0 aliphatic carbocycles. The van der Waals surface area contributed by atoms with E-state index in [0.717, 1.165) is 12.1 Å². The molecular weight excluding hydrogens is 271 g/mol. The van der Waals surface area contributed by atoms with Gasteiger partial charge in [0.25, 0.3) is 5.91 Å². The van der Waals surface area contributed by atoms with Gasteiger partial charge in [-0.2, -0.15) is 13.2 Å². The molecule has 0 fully saturated rings. The number of alkyl halides is 3. The summed E-state index contributed by atoms with van der Waals surface area (Å²) in [4.78, 5) is 13.4. The van der Waals surface area contributed by atoms with Crippen molar-refractivity contribution in [2.45, 2.75) is 18.7 Å². The summed E-state index contributed by atoms with van der Waals surface area (Å²) in [5.41, 5.74) is -0.917. The Kier molecular flexibility index (Phi) is 4.13. The third-order valence-electron chi connectivity index (χ3n) is 3.13. The second-order valence-corrected chi connectivity index (χ2v) is 4.57. The van der Waals surface area contributed by atoms with Crippen LogP contribution in [0.4, 0.5) is 13.2 Å². The van der Waals surface area contributed by atoms with Crippen LogP contribution in [0.3, 0.4) is 0 Å². The Morgan fingerprint density at radius 2 is 2.05 bits per heavy atom. The normalized spacial score (nSPS) is 17.1. The van der Waals surface area contributed by atoms with E-state index < -0.39 is 23.8 Å². The number of nitrogens with zero attached hydrogens (tertiary/aromatic N) is 1. The van der Waals surface area contributed by atoms with Gasteiger partial charge in [-0.15, -0.1) is 0 Å². The van der Waals surface area contributed by atoms with Crippen molar-refractivity contribution < 1.29 is 23.1 Å². The molecule has 108 valence electrons. The quantitative estimate of drug-likeness (QED) is 0.848. The summed E-state index contributed by atoms with van der Waals surface area (Å²) in [5.74, 6) is -0.575. The largest absolute Gasteiger partial charge is 0.416 e. The van der Waals surface area contributed by atoms with Crippen molar-refractivity contribution in [3.05, 3.63) is 47.5 Å². The molecule has 0 radical (unpaired) electrons. The fourth-order valence-electron chi connectivity index (χ4n) is 2.04. The van der Waals surface area contributed by atoms with E-state index in [9.17, 15) is 23.1 Å². The zero-order valence-corrected chi connectivity index (χ0v) is 10.6. The van der Waals surface area contributed by atoms with Gasteiger partial charge in [0.15, 0.2) is 6.10 Å². The topological polar surface area (TPSA) is 40.5 Å². The number of aliphatic hydroxyl groups is 1. The minimum Gasteiger partial charge on any atom is -0.378 e. The number of halogens is 3. The molecule has 0 saturated carbocycles. The average Bonchev–Trinajstić information content (AvgIpc) is 2.46. The number of hydrogen-bond acceptors (Lipinski definition) is 2. The number of hydrogen-bond donors (Lipinski definition) is 1. The first-order valence-corrected chi connectivity index (χ1v) is 6.18. The monoisotopic (exact) mass is 285 g/mol. The maximum Gasteiger partial charge on any atom is 0.416 e. The van der Waals surface area contributed by atoms with Gasteiger partial charge in [0.2, 0.25) is 0 Å². The highest BCUT2D eigenvalue weighted by atomic mass is 19.4. The summed E-state index contributed by atoms with van der Waals surface area (Å²) in [7, 11) is 0. The van der Waals surface area contributed by atoms with Gasteiger partial charge < -0.3 is 10.0 Å². The van der Waals surface area contributed by atoms with Gasteiger partial charge in [-0.1, -0.05) is 24.3 Å². The Morgan fingerprint density at radius 3 is 2.65 bits per heavy atom. The van der Waals surface area contributed by atoms with Gasteiger partial charge in [0, 0.05) is 13.1 Å². The van der Waals surface area contributed by atoms with Crippen LogP contribution >= 0.6 is 0 Å². The van der Waals surface area contributed by atoms with E-state index >= 15 is 0 Å². The summed E-state index contributed by atoms with van der Waals surface area (Å²) in [6.07, 6.45) is -1.67. The fourth-order valence-corrected chi connectivity index (χ4v) is 2.04. The molecule has 1 atom stereocenters. The summed E-state index contributed by atoms with van der Waals surface area (Å²) in [6, 6.07) is 4.22. The van der Waals surface area contributed by atoms with Gasteiger partial charge in [0.05, 0.1) is 5.56 Å². The number of aliphatic hydroxyl groups excluding tert-OH is 1. The standard InChI is InChI=1S/C14H14F3NO2/c15-14(16,17)11-6-4-5-10(9-11)12(19)13(20)18-7-2-1-3-8-18/h1-2,4-6,9,12,19H,3,7-8H2. The highest BCUT2D eigenvalue weighted by Crippen LogP contribution is 2.31. The van der Waals surface area contributed by atoms with Crippen LogP contribution in [0.5, 0.6) is 0 Å². The maximum absolute atomic E-state index is 12.6. The van der Waals surface area contributed by atoms with Crippen molar-refractivity contribution in [1.82, 2.24) is 4.90 Å². The van der Waals surface area contributed by atoms with E-state index in [1.54, 1.807) is 6.08 Å². The molecule has 0 saturated heterocycles. The molecule has 1 heterocycles. The lowest BCUT2D eigenvalue weighted by Gasteiger charge is -2.26. The molecule has 0 spiro atoms. The van der Waals surface area contributed by atoms with Crippen LogP contribution in [-0.4, -0.2) is 29.0 Å². The van der Waals surface area contributed by atoms with Crippen molar-refractivity contribution in [3.8, 4) is 0 Å². The smallest absolute Gasteiger partial charge is 0.378 e. The minimum absolute atomic E-state index is 0.0422. The van der Waals surface area contributed by atoms with Crippen LogP contribution in [0, 0.1) is 0 Å². The van der Waals surface area contributed by atoms with Crippen LogP contribution in [0.25, 0.3) is 0 Å². The summed E-state index contributed by atoms with van der Waals surface area (Å²) in [5, 5.41) is 9.95. The van der Waals surface area contributed by atoms with Crippen LogP contribution in [0.2, 0.25) is 0 Å². The van der Waals surface area contributed by atoms with Crippen molar-refractivity contribution in [2.24, 2.45) is 0 Å². The predicted octanol–water partition coefficient (Wildman–Crippen LogP) is 2.53. The van der Waals surface area contributed by atoms with Crippen molar-refractivity contribution in [2.75, 3.05) is 13.1 Å². The minimum atomic E-state index is -4.49. The Labute approximate surface area is 114 Å². The zero-order valence-electron chi connectivity index (χ0n) is 10.6. The van der Waals surface area contributed by atoms with Gasteiger partial charge in [-0.3, -0.25) is 4.79 Å². The second kappa shape index (κ2) is 5.66. The number of carbonyl (C=O) groups excluding carboxylic acids is 1. The number of rotatable bonds is 2. The van der Waals surface area contributed by atoms with E-state index in [4.69, 9.17) is 0 Å². The molecule has 1 unspecified atom stereocenters. The number of benzene rings is 1. The molecule has 0 aromatic heterocycles. The first kappa shape index (κ1) is 14.6. The molecule has 2 rings (SSSR count). The second-order valence-electron chi connectivity index (χ2n) is 4.57. The third-order valence-corrected chi connectivity index (χ3v) is 3.13. The Balaban J connectivity index is 2.18. The molecule has 1 aliphatic rings. The van der Waals surface area contributed by atoms with E-state index in [0.29, 0.717) is 19.5 Å². The Bertz CT molecular complexity index is 525. The lowest BCUT2D eigenvalue weighted by atomic mass is 10.0. The number of carbonyl (C=O) groups is 1. The van der Waals surface area contributed by atoms with Gasteiger partial charge in [0.1, 0.15) is 0 Å². The molecule has 0 bridgehead atoms. The Hall–Kier alpha value is -1.82. The van der Waals surface area contributed by atoms with Crippen LogP contribution in [0.15, 0.2) is 36.4 Å². The van der Waals surface area contributed by atoms with Crippen LogP contribution in [-0.2, 0) is 11.0 Å². The molecule has 6 heteroatoms. The van der Waals surface area contributed by atoms with E-state index in [1.165, 1.54) is 17.0 Å². The van der Waals surface area contributed by atoms with E-state index in [2.05, 4.69) is 0 Å². The van der Waals surface area contributed by atoms with E-state index in [-0.39, 0.29) is 5.56 Å². The predicted molar refractivity (Wildman–Crippen MR) is 66.7 cm³/mol. The summed E-state index contributed by atoms with van der Waals surface area (Å²) < 4.78 is 37.8. The average molecular weight is 285 g/mol. The van der Waals surface area contributed by atoms with E-state index in [1.807, 2.05) is 6.08 Å². The highest BCUT2D eigenvalue weighted by molar-refractivity contribution is 5.82. The number of amides is 1. The SMILES string of the molecule is O=C(C(O)c1cccc(C(F)(F)F)c1)N1CC=CCC1. The summed E-state index contributed by atoms with van der Waals surface area (Å²) in [6.45, 7) is 0.834. The van der Waals surface area contributed by atoms with Crippen LogP contribution < -0.4 is 0 Å². The van der Waals surface area contributed by atoms with Gasteiger partial charge in [-0.05, 0) is 24.1 Å².